The molecule has 0 bridgehead atoms. The Bertz CT molecular complexity index is 863. The molecule has 0 radical (unpaired) electrons. The number of rotatable bonds is 3. The van der Waals surface area contributed by atoms with Gasteiger partial charge in [-0.2, -0.15) is 0 Å². The zero-order valence-corrected chi connectivity index (χ0v) is 15.7. The van der Waals surface area contributed by atoms with Gasteiger partial charge in [-0.05, 0) is 64.6 Å². The van der Waals surface area contributed by atoms with Crippen LogP contribution < -0.4 is 10.4 Å². The third-order valence-corrected chi connectivity index (χ3v) is 5.49. The largest absolute Gasteiger partial charge is 0.545 e. The number of fused-ring (bicyclic) bond motifs is 1. The van der Waals surface area contributed by atoms with Gasteiger partial charge in [-0.25, -0.2) is 0 Å². The van der Waals surface area contributed by atoms with Gasteiger partial charge in [-0.1, -0.05) is 45.9 Å². The molecule has 26 heavy (non-hydrogen) atoms. The van der Waals surface area contributed by atoms with Gasteiger partial charge in [0.1, 0.15) is 0 Å². The van der Waals surface area contributed by atoms with Crippen molar-refractivity contribution in [1.82, 2.24) is 0 Å². The SMILES string of the molecule is CC1(C)CCC(C)(C)c2cc(NC(=O)c3ccc(C(=O)[O-])cc3)ccc21. The molecule has 0 aromatic heterocycles. The summed E-state index contributed by atoms with van der Waals surface area (Å²) in [5.41, 5.74) is 4.04. The first-order valence-electron chi connectivity index (χ1n) is 8.88. The van der Waals surface area contributed by atoms with Crippen molar-refractivity contribution in [1.29, 1.82) is 0 Å². The number of hydrogen-bond acceptors (Lipinski definition) is 3. The van der Waals surface area contributed by atoms with E-state index >= 15 is 0 Å². The van der Waals surface area contributed by atoms with Crippen molar-refractivity contribution in [3.63, 3.8) is 0 Å². The number of carbonyl (C=O) groups is 2. The van der Waals surface area contributed by atoms with Gasteiger partial charge in [0.15, 0.2) is 0 Å². The molecular formula is C22H24NO3-. The van der Waals surface area contributed by atoms with Crippen molar-refractivity contribution in [2.75, 3.05) is 5.32 Å². The Balaban J connectivity index is 1.87. The Hall–Kier alpha value is -2.62. The summed E-state index contributed by atoms with van der Waals surface area (Å²) >= 11 is 0. The van der Waals surface area contributed by atoms with E-state index in [0.29, 0.717) is 5.56 Å². The predicted molar refractivity (Wildman–Crippen MR) is 100 cm³/mol. The van der Waals surface area contributed by atoms with Crippen molar-refractivity contribution >= 4 is 17.6 Å². The second-order valence-corrected chi connectivity index (χ2v) is 8.35. The number of carboxylic acids is 1. The number of benzene rings is 2. The summed E-state index contributed by atoms with van der Waals surface area (Å²) in [6.07, 6.45) is 2.25. The van der Waals surface area contributed by atoms with Crippen LogP contribution in [0, 0.1) is 0 Å². The van der Waals surface area contributed by atoms with E-state index in [1.165, 1.54) is 35.4 Å². The Labute approximate surface area is 154 Å². The number of hydrogen-bond donors (Lipinski definition) is 1. The fourth-order valence-electron chi connectivity index (χ4n) is 3.63. The zero-order valence-electron chi connectivity index (χ0n) is 15.7. The first-order chi connectivity index (χ1) is 12.1. The van der Waals surface area contributed by atoms with E-state index in [2.05, 4.69) is 45.1 Å². The molecule has 2 aromatic rings. The number of anilines is 1. The minimum absolute atomic E-state index is 0.0549. The summed E-state index contributed by atoms with van der Waals surface area (Å²) in [4.78, 5) is 23.3. The molecule has 1 aliphatic carbocycles. The molecule has 0 saturated carbocycles. The van der Waals surface area contributed by atoms with Gasteiger partial charge in [0.05, 0.1) is 5.97 Å². The molecule has 0 aliphatic heterocycles. The molecule has 2 aromatic carbocycles. The van der Waals surface area contributed by atoms with Gasteiger partial charge in [0.2, 0.25) is 0 Å². The summed E-state index contributed by atoms with van der Waals surface area (Å²) in [5.74, 6) is -1.51. The Kier molecular flexibility index (Phi) is 4.39. The van der Waals surface area contributed by atoms with Crippen LogP contribution in [0.15, 0.2) is 42.5 Å². The second-order valence-electron chi connectivity index (χ2n) is 8.35. The number of aromatic carboxylic acids is 1. The number of carboxylic acid groups (broad SMARTS) is 1. The fourth-order valence-corrected chi connectivity index (χ4v) is 3.63. The lowest BCUT2D eigenvalue weighted by molar-refractivity contribution is -0.255. The highest BCUT2D eigenvalue weighted by molar-refractivity contribution is 6.04. The van der Waals surface area contributed by atoms with Gasteiger partial charge in [-0.3, -0.25) is 4.79 Å². The van der Waals surface area contributed by atoms with Crippen LogP contribution in [0.2, 0.25) is 0 Å². The fraction of sp³-hybridized carbons (Fsp3) is 0.364. The standard InChI is InChI=1S/C22H25NO3/c1-21(2)11-12-22(3,4)18-13-16(9-10-17(18)21)23-19(24)14-5-7-15(8-6-14)20(25)26/h5-10,13H,11-12H2,1-4H3,(H,23,24)(H,25,26)/p-1. The van der Waals surface area contributed by atoms with E-state index in [4.69, 9.17) is 0 Å². The molecule has 0 unspecified atom stereocenters. The van der Waals surface area contributed by atoms with Crippen LogP contribution in [0.5, 0.6) is 0 Å². The average Bonchev–Trinajstić information content (AvgIpc) is 2.59. The first-order valence-corrected chi connectivity index (χ1v) is 8.88. The third-order valence-electron chi connectivity index (χ3n) is 5.49. The molecule has 0 saturated heterocycles. The molecule has 4 heteroatoms. The highest BCUT2D eigenvalue weighted by Crippen LogP contribution is 2.46. The van der Waals surface area contributed by atoms with Crippen LogP contribution in [0.3, 0.4) is 0 Å². The number of carbonyl (C=O) groups excluding carboxylic acids is 2. The summed E-state index contributed by atoms with van der Waals surface area (Å²) in [6.45, 7) is 9.01. The molecule has 0 spiro atoms. The van der Waals surface area contributed by atoms with E-state index in [9.17, 15) is 14.7 Å². The van der Waals surface area contributed by atoms with Crippen LogP contribution in [0.4, 0.5) is 5.69 Å². The molecule has 136 valence electrons. The van der Waals surface area contributed by atoms with Gasteiger partial charge < -0.3 is 15.2 Å². The zero-order chi connectivity index (χ0) is 19.1. The summed E-state index contributed by atoms with van der Waals surface area (Å²) < 4.78 is 0. The molecule has 1 N–H and O–H groups in total. The number of amides is 1. The molecule has 1 aliphatic rings. The summed E-state index contributed by atoms with van der Waals surface area (Å²) in [5, 5.41) is 13.7. The van der Waals surface area contributed by atoms with Crippen molar-refractivity contribution in [2.24, 2.45) is 0 Å². The monoisotopic (exact) mass is 350 g/mol. The first kappa shape index (κ1) is 18.2. The molecule has 0 atom stereocenters. The Morgan fingerprint density at radius 2 is 1.38 bits per heavy atom. The lowest BCUT2D eigenvalue weighted by Gasteiger charge is -2.42. The van der Waals surface area contributed by atoms with Crippen molar-refractivity contribution in [2.45, 2.75) is 51.4 Å². The summed E-state index contributed by atoms with van der Waals surface area (Å²) in [6, 6.07) is 11.9. The number of nitrogens with one attached hydrogen (secondary N) is 1. The van der Waals surface area contributed by atoms with Crippen molar-refractivity contribution in [3.8, 4) is 0 Å². The van der Waals surface area contributed by atoms with E-state index in [1.807, 2.05) is 6.07 Å². The Morgan fingerprint density at radius 3 is 1.96 bits per heavy atom. The van der Waals surface area contributed by atoms with Crippen LogP contribution >= 0.6 is 0 Å². The van der Waals surface area contributed by atoms with Gasteiger partial charge in [0.25, 0.3) is 5.91 Å². The maximum atomic E-state index is 12.5. The van der Waals surface area contributed by atoms with Gasteiger partial charge in [-0.15, -0.1) is 0 Å². The molecule has 1 amide bonds. The lowest BCUT2D eigenvalue weighted by atomic mass is 9.63. The van der Waals surface area contributed by atoms with Crippen molar-refractivity contribution in [3.05, 3.63) is 64.7 Å². The Morgan fingerprint density at radius 1 is 0.846 bits per heavy atom. The van der Waals surface area contributed by atoms with E-state index in [1.54, 1.807) is 0 Å². The maximum Gasteiger partial charge on any atom is 0.255 e. The maximum absolute atomic E-state index is 12.5. The second kappa shape index (κ2) is 6.27. The lowest BCUT2D eigenvalue weighted by Crippen LogP contribution is -2.33. The van der Waals surface area contributed by atoms with Gasteiger partial charge in [0, 0.05) is 11.3 Å². The van der Waals surface area contributed by atoms with Crippen LogP contribution in [0.1, 0.15) is 72.4 Å². The minimum Gasteiger partial charge on any atom is -0.545 e. The highest BCUT2D eigenvalue weighted by atomic mass is 16.4. The molecule has 0 fully saturated rings. The predicted octanol–water partition coefficient (Wildman–Crippen LogP) is 3.65. The molecule has 3 rings (SSSR count). The smallest absolute Gasteiger partial charge is 0.255 e. The van der Waals surface area contributed by atoms with Gasteiger partial charge >= 0.3 is 0 Å². The quantitative estimate of drug-likeness (QED) is 0.918. The molecule has 4 nitrogen and oxygen atoms in total. The topological polar surface area (TPSA) is 69.2 Å². The highest BCUT2D eigenvalue weighted by Gasteiger charge is 2.37. The van der Waals surface area contributed by atoms with Crippen LogP contribution in [0.25, 0.3) is 0 Å². The van der Waals surface area contributed by atoms with E-state index in [-0.39, 0.29) is 22.3 Å². The van der Waals surface area contributed by atoms with Crippen molar-refractivity contribution < 1.29 is 14.7 Å². The van der Waals surface area contributed by atoms with E-state index in [0.717, 1.165) is 18.5 Å². The average molecular weight is 350 g/mol. The summed E-state index contributed by atoms with van der Waals surface area (Å²) in [7, 11) is 0. The minimum atomic E-state index is -1.25. The molecular weight excluding hydrogens is 326 g/mol. The van der Waals surface area contributed by atoms with E-state index < -0.39 is 5.97 Å². The van der Waals surface area contributed by atoms with Crippen LogP contribution in [-0.4, -0.2) is 11.9 Å². The molecule has 0 heterocycles. The third kappa shape index (κ3) is 3.36. The van der Waals surface area contributed by atoms with Crippen LogP contribution in [-0.2, 0) is 10.8 Å². The normalized spacial score (nSPS) is 17.2.